The van der Waals surface area contributed by atoms with Crippen molar-refractivity contribution in [3.63, 3.8) is 0 Å². The molecule has 0 aromatic heterocycles. The molecule has 0 atom stereocenters. The van der Waals surface area contributed by atoms with Crippen LogP contribution in [0.4, 0.5) is 14.5 Å². The van der Waals surface area contributed by atoms with Crippen molar-refractivity contribution < 1.29 is 8.78 Å². The van der Waals surface area contributed by atoms with E-state index in [2.05, 4.69) is 0 Å². The Hall–Kier alpha value is -1.55. The number of halogens is 2. The Balaban J connectivity index is 2.13. The van der Waals surface area contributed by atoms with Gasteiger partial charge in [-0.25, -0.2) is 8.78 Å². The Labute approximate surface area is 109 Å². The lowest BCUT2D eigenvalue weighted by atomic mass is 10.2. The van der Waals surface area contributed by atoms with Gasteiger partial charge in [0.2, 0.25) is 0 Å². The molecule has 0 heterocycles. The van der Waals surface area contributed by atoms with Crippen LogP contribution in [0.25, 0.3) is 0 Å². The van der Waals surface area contributed by atoms with E-state index >= 15 is 0 Å². The SMILES string of the molecule is Cc1ccc(N)cc1SCc1ccc(F)cc1F. The number of benzene rings is 2. The second-order valence-corrected chi connectivity index (χ2v) is 5.07. The normalized spacial score (nSPS) is 10.6. The van der Waals surface area contributed by atoms with Gasteiger partial charge >= 0.3 is 0 Å². The number of hydrogen-bond donors (Lipinski definition) is 1. The summed E-state index contributed by atoms with van der Waals surface area (Å²) in [7, 11) is 0. The highest BCUT2D eigenvalue weighted by molar-refractivity contribution is 7.98. The van der Waals surface area contributed by atoms with E-state index in [-0.39, 0.29) is 0 Å². The van der Waals surface area contributed by atoms with Crippen molar-refractivity contribution >= 4 is 17.4 Å². The van der Waals surface area contributed by atoms with Crippen LogP contribution in [0.5, 0.6) is 0 Å². The minimum atomic E-state index is -0.554. The summed E-state index contributed by atoms with van der Waals surface area (Å²) in [5.74, 6) is -0.610. The van der Waals surface area contributed by atoms with Crippen molar-refractivity contribution in [2.75, 3.05) is 5.73 Å². The Morgan fingerprint density at radius 1 is 1.11 bits per heavy atom. The highest BCUT2D eigenvalue weighted by Gasteiger charge is 2.06. The van der Waals surface area contributed by atoms with Gasteiger partial charge in [-0.05, 0) is 36.2 Å². The van der Waals surface area contributed by atoms with E-state index < -0.39 is 11.6 Å². The van der Waals surface area contributed by atoms with Crippen LogP contribution in [0.15, 0.2) is 41.3 Å². The van der Waals surface area contributed by atoms with Gasteiger partial charge < -0.3 is 5.73 Å². The number of nitrogen functional groups attached to an aromatic ring is 1. The van der Waals surface area contributed by atoms with Crippen molar-refractivity contribution in [3.8, 4) is 0 Å². The van der Waals surface area contributed by atoms with Gasteiger partial charge in [0.15, 0.2) is 0 Å². The van der Waals surface area contributed by atoms with Crippen LogP contribution in [-0.2, 0) is 5.75 Å². The maximum absolute atomic E-state index is 13.5. The Morgan fingerprint density at radius 2 is 1.89 bits per heavy atom. The largest absolute Gasteiger partial charge is 0.399 e. The predicted molar refractivity (Wildman–Crippen MR) is 71.5 cm³/mol. The minimum absolute atomic E-state index is 0.455. The number of thioether (sulfide) groups is 1. The first-order valence-corrected chi connectivity index (χ1v) is 6.47. The van der Waals surface area contributed by atoms with Crippen molar-refractivity contribution in [1.29, 1.82) is 0 Å². The second-order valence-electron chi connectivity index (χ2n) is 4.05. The molecule has 4 heteroatoms. The van der Waals surface area contributed by atoms with Gasteiger partial charge in [-0.1, -0.05) is 12.1 Å². The summed E-state index contributed by atoms with van der Waals surface area (Å²) in [6.45, 7) is 1.97. The number of anilines is 1. The molecule has 0 spiro atoms. The van der Waals surface area contributed by atoms with Gasteiger partial charge in [-0.2, -0.15) is 0 Å². The maximum Gasteiger partial charge on any atom is 0.130 e. The van der Waals surface area contributed by atoms with Crippen LogP contribution in [0.1, 0.15) is 11.1 Å². The zero-order valence-electron chi connectivity index (χ0n) is 9.91. The van der Waals surface area contributed by atoms with Gasteiger partial charge in [0.05, 0.1) is 0 Å². The van der Waals surface area contributed by atoms with E-state index in [0.717, 1.165) is 16.5 Å². The van der Waals surface area contributed by atoms with Crippen molar-refractivity contribution in [2.45, 2.75) is 17.6 Å². The molecule has 0 aliphatic rings. The number of rotatable bonds is 3. The van der Waals surface area contributed by atoms with E-state index in [1.807, 2.05) is 25.1 Å². The Bertz CT molecular complexity index is 570. The van der Waals surface area contributed by atoms with Crippen molar-refractivity contribution in [3.05, 3.63) is 59.2 Å². The molecule has 2 N–H and O–H groups in total. The van der Waals surface area contributed by atoms with Crippen LogP contribution in [0.2, 0.25) is 0 Å². The van der Waals surface area contributed by atoms with E-state index in [1.54, 1.807) is 0 Å². The van der Waals surface area contributed by atoms with Gasteiger partial charge in [0.1, 0.15) is 11.6 Å². The lowest BCUT2D eigenvalue weighted by molar-refractivity contribution is 0.576. The summed E-state index contributed by atoms with van der Waals surface area (Å²) in [6.07, 6.45) is 0. The monoisotopic (exact) mass is 265 g/mol. The van der Waals surface area contributed by atoms with Crippen molar-refractivity contribution in [2.24, 2.45) is 0 Å². The molecule has 0 saturated carbocycles. The molecule has 0 radical (unpaired) electrons. The van der Waals surface area contributed by atoms with Gasteiger partial charge in [-0.3, -0.25) is 0 Å². The average Bonchev–Trinajstić information content (AvgIpc) is 2.32. The zero-order chi connectivity index (χ0) is 13.1. The minimum Gasteiger partial charge on any atom is -0.399 e. The molecule has 94 valence electrons. The fourth-order valence-corrected chi connectivity index (χ4v) is 2.63. The van der Waals surface area contributed by atoms with Crippen LogP contribution in [0, 0.1) is 18.6 Å². The summed E-state index contributed by atoms with van der Waals surface area (Å²) in [4.78, 5) is 1.01. The van der Waals surface area contributed by atoms with E-state index in [1.165, 1.54) is 23.9 Å². The Kier molecular flexibility index (Phi) is 3.87. The molecule has 0 bridgehead atoms. The average molecular weight is 265 g/mol. The molecule has 2 aromatic carbocycles. The molecular weight excluding hydrogens is 252 g/mol. The predicted octanol–water partition coefficient (Wildman–Crippen LogP) is 4.15. The molecule has 18 heavy (non-hydrogen) atoms. The lowest BCUT2D eigenvalue weighted by Crippen LogP contribution is -1.91. The fourth-order valence-electron chi connectivity index (χ4n) is 1.57. The van der Waals surface area contributed by atoms with Crippen LogP contribution in [0.3, 0.4) is 0 Å². The quantitative estimate of drug-likeness (QED) is 0.666. The van der Waals surface area contributed by atoms with Gasteiger partial charge in [0.25, 0.3) is 0 Å². The Morgan fingerprint density at radius 3 is 2.61 bits per heavy atom. The third-order valence-electron chi connectivity index (χ3n) is 2.61. The molecule has 0 unspecified atom stereocenters. The number of aryl methyl sites for hydroxylation is 1. The fraction of sp³-hybridized carbons (Fsp3) is 0.143. The number of hydrogen-bond acceptors (Lipinski definition) is 2. The van der Waals surface area contributed by atoms with Gasteiger partial charge in [0, 0.05) is 22.4 Å². The molecule has 0 aliphatic carbocycles. The smallest absolute Gasteiger partial charge is 0.130 e. The molecule has 0 saturated heterocycles. The van der Waals surface area contributed by atoms with Crippen LogP contribution in [-0.4, -0.2) is 0 Å². The zero-order valence-corrected chi connectivity index (χ0v) is 10.7. The highest BCUT2D eigenvalue weighted by Crippen LogP contribution is 2.28. The lowest BCUT2D eigenvalue weighted by Gasteiger charge is -2.07. The summed E-state index contributed by atoms with van der Waals surface area (Å²) in [6, 6.07) is 9.27. The van der Waals surface area contributed by atoms with Gasteiger partial charge in [-0.15, -0.1) is 11.8 Å². The summed E-state index contributed by atoms with van der Waals surface area (Å²) < 4.78 is 26.2. The van der Waals surface area contributed by atoms with E-state index in [0.29, 0.717) is 17.0 Å². The highest BCUT2D eigenvalue weighted by atomic mass is 32.2. The molecule has 2 aromatic rings. The first-order chi connectivity index (χ1) is 8.56. The topological polar surface area (TPSA) is 26.0 Å². The summed E-state index contributed by atoms with van der Waals surface area (Å²) in [5, 5.41) is 0. The standard InChI is InChI=1S/C14H13F2NS/c1-9-2-5-12(17)7-14(9)18-8-10-3-4-11(15)6-13(10)16/h2-7H,8,17H2,1H3. The molecule has 0 amide bonds. The third-order valence-corrected chi connectivity index (χ3v) is 3.82. The molecular formula is C14H13F2NS. The second kappa shape index (κ2) is 5.40. The van der Waals surface area contributed by atoms with Crippen LogP contribution < -0.4 is 5.73 Å². The van der Waals surface area contributed by atoms with Crippen molar-refractivity contribution in [1.82, 2.24) is 0 Å². The third kappa shape index (κ3) is 3.01. The first-order valence-electron chi connectivity index (χ1n) is 5.49. The first kappa shape index (κ1) is 12.9. The molecule has 0 fully saturated rings. The summed E-state index contributed by atoms with van der Waals surface area (Å²) in [5.41, 5.74) is 7.98. The molecule has 0 aliphatic heterocycles. The van der Waals surface area contributed by atoms with E-state index in [9.17, 15) is 8.78 Å². The van der Waals surface area contributed by atoms with E-state index in [4.69, 9.17) is 5.73 Å². The summed E-state index contributed by atoms with van der Waals surface area (Å²) >= 11 is 1.49. The molecule has 2 rings (SSSR count). The van der Waals surface area contributed by atoms with Crippen LogP contribution >= 0.6 is 11.8 Å². The maximum atomic E-state index is 13.5. The molecule has 1 nitrogen and oxygen atoms in total. The number of nitrogens with two attached hydrogens (primary N) is 1.